The van der Waals surface area contributed by atoms with Gasteiger partial charge in [0.05, 0.1) is 11.4 Å². The maximum absolute atomic E-state index is 11.5. The van der Waals surface area contributed by atoms with Crippen molar-refractivity contribution in [2.24, 2.45) is 0 Å². The fraction of sp³-hybridized carbons (Fsp3) is 0.424. The molecule has 3 heteroatoms. The fourth-order valence-corrected chi connectivity index (χ4v) is 4.83. The van der Waals surface area contributed by atoms with E-state index in [9.17, 15) is 9.90 Å². The first kappa shape index (κ1) is 29.7. The first-order chi connectivity index (χ1) is 17.4. The van der Waals surface area contributed by atoms with Crippen LogP contribution in [0.1, 0.15) is 94.0 Å². The van der Waals surface area contributed by atoms with Crippen LogP contribution in [-0.2, 0) is 42.1 Å². The summed E-state index contributed by atoms with van der Waals surface area (Å²) in [5, 5.41) is 11.5. The van der Waals surface area contributed by atoms with Crippen LogP contribution in [0.2, 0.25) is 0 Å². The lowest BCUT2D eigenvalue weighted by Crippen LogP contribution is -2.44. The van der Waals surface area contributed by atoms with Crippen molar-refractivity contribution >= 4 is 18.6 Å². The van der Waals surface area contributed by atoms with E-state index >= 15 is 0 Å². The Bertz CT molecular complexity index is 975. The number of carboxylic acids is 1. The van der Waals surface area contributed by atoms with Crippen LogP contribution in [0.4, 0.5) is 0 Å². The van der Waals surface area contributed by atoms with Gasteiger partial charge < -0.3 is 9.90 Å². The molecule has 36 heavy (non-hydrogen) atoms. The van der Waals surface area contributed by atoms with Crippen LogP contribution in [-0.4, -0.2) is 5.97 Å². The van der Waals surface area contributed by atoms with Gasteiger partial charge in [0, 0.05) is 11.1 Å². The lowest BCUT2D eigenvalue weighted by Gasteiger charge is -2.31. The molecule has 3 aromatic rings. The molecule has 0 amide bonds. The Morgan fingerprint density at radius 3 is 1.47 bits per heavy atom. The SMILES string of the molecule is CC(C(=O)[O-])(c1ccccc1)c1ccccc1.CCCCc1cc(CCCC)c([SH2+])c(CCCC)c1. The Kier molecular flexibility index (Phi) is 12.8. The molecule has 0 spiro atoms. The average Bonchev–Trinajstić information content (AvgIpc) is 2.91. The lowest BCUT2D eigenvalue weighted by molar-refractivity contribution is -0.311. The van der Waals surface area contributed by atoms with E-state index in [0.29, 0.717) is 0 Å². The summed E-state index contributed by atoms with van der Waals surface area (Å²) in [6.45, 7) is 8.49. The second-order valence-electron chi connectivity index (χ2n) is 9.74. The molecule has 194 valence electrons. The maximum atomic E-state index is 11.5. The van der Waals surface area contributed by atoms with Gasteiger partial charge in [-0.25, -0.2) is 0 Å². The minimum absolute atomic E-state index is 0.728. The van der Waals surface area contributed by atoms with Crippen LogP contribution < -0.4 is 5.11 Å². The Morgan fingerprint density at radius 2 is 1.11 bits per heavy atom. The number of aliphatic carboxylic acids is 1. The van der Waals surface area contributed by atoms with Crippen LogP contribution in [0.15, 0.2) is 77.7 Å². The molecular formula is C33H44O2S. The molecule has 3 rings (SSSR count). The quantitative estimate of drug-likeness (QED) is 0.254. The Hall–Kier alpha value is -2.52. The summed E-state index contributed by atoms with van der Waals surface area (Å²) < 4.78 is 0. The smallest absolute Gasteiger partial charge is 0.156 e. The third-order valence-corrected chi connectivity index (χ3v) is 7.53. The zero-order valence-electron chi connectivity index (χ0n) is 22.6. The zero-order chi connectivity index (χ0) is 26.4. The molecule has 0 N–H and O–H groups in total. The van der Waals surface area contributed by atoms with E-state index in [0.717, 1.165) is 11.1 Å². The van der Waals surface area contributed by atoms with E-state index < -0.39 is 11.4 Å². The van der Waals surface area contributed by atoms with Gasteiger partial charge in [-0.05, 0) is 74.8 Å². The zero-order valence-corrected chi connectivity index (χ0v) is 23.6. The van der Waals surface area contributed by atoms with Crippen molar-refractivity contribution in [3.8, 4) is 0 Å². The number of unbranched alkanes of at least 4 members (excludes halogenated alkanes) is 3. The highest BCUT2D eigenvalue weighted by atomic mass is 32.1. The second kappa shape index (κ2) is 15.6. The average molecular weight is 505 g/mol. The molecule has 0 heterocycles. The molecule has 0 aliphatic carbocycles. The van der Waals surface area contributed by atoms with E-state index in [1.54, 1.807) is 12.5 Å². The van der Waals surface area contributed by atoms with Crippen LogP contribution in [0.5, 0.6) is 0 Å². The van der Waals surface area contributed by atoms with Crippen molar-refractivity contribution in [3.05, 3.63) is 101 Å². The number of benzene rings is 3. The topological polar surface area (TPSA) is 40.1 Å². The first-order valence-corrected chi connectivity index (χ1v) is 14.1. The monoisotopic (exact) mass is 504 g/mol. The van der Waals surface area contributed by atoms with Gasteiger partial charge in [0.25, 0.3) is 0 Å². The minimum Gasteiger partial charge on any atom is -0.549 e. The molecule has 0 atom stereocenters. The van der Waals surface area contributed by atoms with Crippen LogP contribution >= 0.6 is 0 Å². The Labute approximate surface area is 224 Å². The van der Waals surface area contributed by atoms with Crippen molar-refractivity contribution in [1.29, 1.82) is 0 Å². The molecule has 2 nitrogen and oxygen atoms in total. The number of hydrogen-bond donors (Lipinski definition) is 0. The van der Waals surface area contributed by atoms with Gasteiger partial charge in [-0.2, -0.15) is 0 Å². The predicted octanol–water partition coefficient (Wildman–Crippen LogP) is 6.83. The molecule has 0 saturated heterocycles. The number of carbonyl (C=O) groups is 1. The molecule has 0 saturated carbocycles. The fourth-order valence-electron chi connectivity index (χ4n) is 4.44. The van der Waals surface area contributed by atoms with Gasteiger partial charge in [0.1, 0.15) is 0 Å². The summed E-state index contributed by atoms with van der Waals surface area (Å²) in [7, 11) is 0. The summed E-state index contributed by atoms with van der Waals surface area (Å²) in [5.74, 6) is -1.09. The third kappa shape index (κ3) is 8.27. The highest BCUT2D eigenvalue weighted by molar-refractivity contribution is 7.59. The number of hydrogen-bond acceptors (Lipinski definition) is 2. The van der Waals surface area contributed by atoms with Gasteiger partial charge in [0.15, 0.2) is 4.90 Å². The van der Waals surface area contributed by atoms with E-state index in [-0.39, 0.29) is 0 Å². The summed E-state index contributed by atoms with van der Waals surface area (Å²) >= 11 is 3.90. The highest BCUT2D eigenvalue weighted by Crippen LogP contribution is 2.31. The summed E-state index contributed by atoms with van der Waals surface area (Å²) in [4.78, 5) is 12.9. The van der Waals surface area contributed by atoms with E-state index in [4.69, 9.17) is 0 Å². The third-order valence-electron chi connectivity index (χ3n) is 6.89. The molecular weight excluding hydrogens is 460 g/mol. The highest BCUT2D eigenvalue weighted by Gasteiger charge is 2.30. The standard InChI is InChI=1S/C18H30S.C15H14O2/c1-4-7-10-15-13-16(11-8-5-2)18(19)17(14-15)12-9-6-3;1-15(14(16)17,12-8-4-2-5-9-12)13-10-6-3-7-11-13/h13-14,19H,4-12H2,1-3H3;2-11H,1H3,(H,16,17). The number of carboxylic acid groups (broad SMARTS) is 1. The molecule has 0 aliphatic rings. The van der Waals surface area contributed by atoms with Gasteiger partial charge >= 0.3 is 0 Å². The second-order valence-corrected chi connectivity index (χ2v) is 10.2. The van der Waals surface area contributed by atoms with Crippen molar-refractivity contribution < 1.29 is 9.90 Å². The first-order valence-electron chi connectivity index (χ1n) is 13.6. The number of aryl methyl sites for hydroxylation is 3. The van der Waals surface area contributed by atoms with Gasteiger partial charge in [-0.1, -0.05) is 113 Å². The van der Waals surface area contributed by atoms with Crippen LogP contribution in [0.3, 0.4) is 0 Å². The van der Waals surface area contributed by atoms with Crippen LogP contribution in [0, 0.1) is 0 Å². The largest absolute Gasteiger partial charge is 0.549 e. The molecule has 3 aromatic carbocycles. The van der Waals surface area contributed by atoms with Gasteiger partial charge in [0.2, 0.25) is 0 Å². The molecule has 0 fully saturated rings. The summed E-state index contributed by atoms with van der Waals surface area (Å²) in [5.41, 5.74) is 4.94. The van der Waals surface area contributed by atoms with Crippen LogP contribution in [0.25, 0.3) is 0 Å². The normalized spacial score (nSPS) is 11.0. The van der Waals surface area contributed by atoms with Crippen molar-refractivity contribution in [2.75, 3.05) is 0 Å². The van der Waals surface area contributed by atoms with E-state index in [1.807, 2.05) is 60.7 Å². The van der Waals surface area contributed by atoms with E-state index in [1.165, 1.54) is 73.8 Å². The molecule has 0 radical (unpaired) electrons. The summed E-state index contributed by atoms with van der Waals surface area (Å²) in [6.07, 6.45) is 11.4. The van der Waals surface area contributed by atoms with Crippen molar-refractivity contribution in [2.45, 2.75) is 95.8 Å². The molecule has 0 aliphatic heterocycles. The van der Waals surface area contributed by atoms with Crippen molar-refractivity contribution in [1.82, 2.24) is 0 Å². The maximum Gasteiger partial charge on any atom is 0.156 e. The van der Waals surface area contributed by atoms with Crippen molar-refractivity contribution in [3.63, 3.8) is 0 Å². The van der Waals surface area contributed by atoms with Gasteiger partial charge in [-0.3, -0.25) is 0 Å². The Balaban J connectivity index is 0.000000255. The predicted molar refractivity (Wildman–Crippen MR) is 155 cm³/mol. The lowest BCUT2D eigenvalue weighted by atomic mass is 9.76. The van der Waals surface area contributed by atoms with E-state index in [2.05, 4.69) is 45.5 Å². The number of rotatable bonds is 12. The summed E-state index contributed by atoms with van der Waals surface area (Å²) in [6, 6.07) is 23.2. The molecule has 0 bridgehead atoms. The minimum atomic E-state index is -1.11. The van der Waals surface area contributed by atoms with Gasteiger partial charge in [-0.15, -0.1) is 0 Å². The Morgan fingerprint density at radius 1 is 0.722 bits per heavy atom. The molecule has 0 aromatic heterocycles. The number of carbonyl (C=O) groups excluding carboxylic acids is 1. The molecule has 0 unspecified atom stereocenters.